The molecule has 22 heavy (non-hydrogen) atoms. The van der Waals surface area contributed by atoms with Crippen LogP contribution < -0.4 is 10.3 Å². The summed E-state index contributed by atoms with van der Waals surface area (Å²) in [6.45, 7) is 1.83. The summed E-state index contributed by atoms with van der Waals surface area (Å²) >= 11 is 0. The molecule has 2 aromatic rings. The van der Waals surface area contributed by atoms with Gasteiger partial charge in [0, 0.05) is 6.20 Å². The highest BCUT2D eigenvalue weighted by atomic mass is 16.5. The minimum atomic E-state index is -0.664. The zero-order chi connectivity index (χ0) is 15.7. The first-order valence-corrected chi connectivity index (χ1v) is 6.78. The molecule has 114 valence electrons. The Labute approximate surface area is 124 Å². The number of nitrogens with one attached hydrogen (secondary N) is 1. The van der Waals surface area contributed by atoms with Crippen molar-refractivity contribution in [2.75, 3.05) is 6.61 Å². The van der Waals surface area contributed by atoms with Crippen molar-refractivity contribution in [1.29, 1.82) is 0 Å². The van der Waals surface area contributed by atoms with Crippen LogP contribution >= 0.6 is 0 Å². The van der Waals surface area contributed by atoms with Crippen molar-refractivity contribution in [2.24, 2.45) is 0 Å². The van der Waals surface area contributed by atoms with Crippen LogP contribution in [0.15, 0.2) is 33.8 Å². The second kappa shape index (κ2) is 5.51. The standard InChI is InChI=1S/C15H13NO6/c1-2-20-15(19)9-7-16-14(18)12-8(10-4-3-5-21-10)6-11(17)22-13(9)12/h3-5,7-8H,2,6H2,1H3,(H,16,18)/t8-/m0/s1. The Morgan fingerprint density at radius 1 is 1.45 bits per heavy atom. The molecule has 7 nitrogen and oxygen atoms in total. The monoisotopic (exact) mass is 303 g/mol. The molecule has 1 N–H and O–H groups in total. The number of furan rings is 1. The minimum absolute atomic E-state index is 0.0149. The summed E-state index contributed by atoms with van der Waals surface area (Å²) in [5.41, 5.74) is -0.224. The van der Waals surface area contributed by atoms with Crippen LogP contribution in [0.4, 0.5) is 0 Å². The van der Waals surface area contributed by atoms with E-state index in [1.807, 2.05) is 0 Å². The lowest BCUT2D eigenvalue weighted by atomic mass is 9.90. The van der Waals surface area contributed by atoms with Gasteiger partial charge in [-0.1, -0.05) is 0 Å². The normalized spacial score (nSPS) is 16.8. The Kier molecular flexibility index (Phi) is 3.54. The molecule has 0 saturated heterocycles. The van der Waals surface area contributed by atoms with E-state index in [-0.39, 0.29) is 29.9 Å². The molecule has 0 unspecified atom stereocenters. The van der Waals surface area contributed by atoms with Crippen LogP contribution in [0.5, 0.6) is 5.75 Å². The van der Waals surface area contributed by atoms with Crippen molar-refractivity contribution < 1.29 is 23.5 Å². The van der Waals surface area contributed by atoms with Gasteiger partial charge in [0.05, 0.1) is 30.8 Å². The molecule has 3 heterocycles. The fraction of sp³-hybridized carbons (Fsp3) is 0.267. The summed E-state index contributed by atoms with van der Waals surface area (Å²) in [6.07, 6.45) is 2.62. The highest BCUT2D eigenvalue weighted by molar-refractivity contribution is 5.94. The number of H-pyrrole nitrogens is 1. The van der Waals surface area contributed by atoms with E-state index in [1.165, 1.54) is 12.5 Å². The molecule has 3 rings (SSSR count). The maximum Gasteiger partial charge on any atom is 0.343 e. The van der Waals surface area contributed by atoms with Crippen LogP contribution in [-0.4, -0.2) is 23.5 Å². The molecule has 0 saturated carbocycles. The van der Waals surface area contributed by atoms with Gasteiger partial charge in [-0.3, -0.25) is 9.59 Å². The molecule has 0 bridgehead atoms. The molecule has 1 aliphatic rings. The Balaban J connectivity index is 2.18. The Hall–Kier alpha value is -2.83. The number of pyridine rings is 1. The van der Waals surface area contributed by atoms with Gasteiger partial charge in [-0.2, -0.15) is 0 Å². The van der Waals surface area contributed by atoms with Crippen LogP contribution in [0.2, 0.25) is 0 Å². The van der Waals surface area contributed by atoms with E-state index in [2.05, 4.69) is 4.98 Å². The van der Waals surface area contributed by atoms with Crippen LogP contribution in [-0.2, 0) is 9.53 Å². The lowest BCUT2D eigenvalue weighted by Gasteiger charge is -2.23. The van der Waals surface area contributed by atoms with Crippen molar-refractivity contribution in [3.8, 4) is 5.75 Å². The summed E-state index contributed by atoms with van der Waals surface area (Å²) in [7, 11) is 0. The van der Waals surface area contributed by atoms with Crippen molar-refractivity contribution in [2.45, 2.75) is 19.3 Å². The van der Waals surface area contributed by atoms with E-state index in [4.69, 9.17) is 13.9 Å². The molecule has 1 aliphatic heterocycles. The number of esters is 2. The smallest absolute Gasteiger partial charge is 0.343 e. The third-order valence-electron chi connectivity index (χ3n) is 3.40. The van der Waals surface area contributed by atoms with Crippen LogP contribution in [0, 0.1) is 0 Å². The molecular formula is C15H13NO6. The van der Waals surface area contributed by atoms with Gasteiger partial charge in [0.15, 0.2) is 5.75 Å². The first kappa shape index (κ1) is 14.1. The third-order valence-corrected chi connectivity index (χ3v) is 3.40. The average molecular weight is 303 g/mol. The molecule has 0 aromatic carbocycles. The van der Waals surface area contributed by atoms with E-state index in [9.17, 15) is 14.4 Å². The van der Waals surface area contributed by atoms with Crippen LogP contribution in [0.3, 0.4) is 0 Å². The third kappa shape index (κ3) is 2.30. The van der Waals surface area contributed by atoms with E-state index < -0.39 is 23.4 Å². The zero-order valence-corrected chi connectivity index (χ0v) is 11.8. The van der Waals surface area contributed by atoms with Gasteiger partial charge >= 0.3 is 11.9 Å². The zero-order valence-electron chi connectivity index (χ0n) is 11.8. The Bertz CT molecular complexity index is 774. The number of hydrogen-bond donors (Lipinski definition) is 1. The summed E-state index contributed by atoms with van der Waals surface area (Å²) in [5.74, 6) is -1.39. The van der Waals surface area contributed by atoms with Crippen molar-refractivity contribution >= 4 is 11.9 Å². The molecule has 0 amide bonds. The van der Waals surface area contributed by atoms with Gasteiger partial charge in [0.25, 0.3) is 5.56 Å². The molecular weight excluding hydrogens is 290 g/mol. The lowest BCUT2D eigenvalue weighted by molar-refractivity contribution is -0.135. The molecule has 1 atom stereocenters. The summed E-state index contributed by atoms with van der Waals surface area (Å²) in [6, 6.07) is 3.34. The molecule has 7 heteroatoms. The topological polar surface area (TPSA) is 98.6 Å². The lowest BCUT2D eigenvalue weighted by Crippen LogP contribution is -2.29. The van der Waals surface area contributed by atoms with Gasteiger partial charge in [0.1, 0.15) is 11.3 Å². The molecule has 0 aliphatic carbocycles. The van der Waals surface area contributed by atoms with Gasteiger partial charge in [-0.15, -0.1) is 0 Å². The Morgan fingerprint density at radius 2 is 2.27 bits per heavy atom. The van der Waals surface area contributed by atoms with Gasteiger partial charge in [-0.05, 0) is 19.1 Å². The predicted molar refractivity (Wildman–Crippen MR) is 73.8 cm³/mol. The second-order valence-corrected chi connectivity index (χ2v) is 4.74. The van der Waals surface area contributed by atoms with Crippen molar-refractivity contribution in [1.82, 2.24) is 4.98 Å². The summed E-state index contributed by atoms with van der Waals surface area (Å²) in [4.78, 5) is 38.5. The van der Waals surface area contributed by atoms with E-state index in [0.717, 1.165) is 0 Å². The first-order chi connectivity index (χ1) is 10.6. The fourth-order valence-corrected chi connectivity index (χ4v) is 2.47. The summed E-state index contributed by atoms with van der Waals surface area (Å²) in [5, 5.41) is 0. The molecule has 2 aromatic heterocycles. The number of rotatable bonds is 3. The first-order valence-electron chi connectivity index (χ1n) is 6.78. The van der Waals surface area contributed by atoms with E-state index in [1.54, 1.807) is 19.1 Å². The Morgan fingerprint density at radius 3 is 2.95 bits per heavy atom. The second-order valence-electron chi connectivity index (χ2n) is 4.74. The fourth-order valence-electron chi connectivity index (χ4n) is 2.47. The van der Waals surface area contributed by atoms with Crippen LogP contribution in [0.1, 0.15) is 40.9 Å². The van der Waals surface area contributed by atoms with Gasteiger partial charge < -0.3 is 18.9 Å². The summed E-state index contributed by atoms with van der Waals surface area (Å²) < 4.78 is 15.4. The highest BCUT2D eigenvalue weighted by Gasteiger charge is 2.36. The molecule has 0 fully saturated rings. The number of hydrogen-bond acceptors (Lipinski definition) is 6. The number of ether oxygens (including phenoxy) is 2. The van der Waals surface area contributed by atoms with Gasteiger partial charge in [-0.25, -0.2) is 4.79 Å². The highest BCUT2D eigenvalue weighted by Crippen LogP contribution is 2.38. The van der Waals surface area contributed by atoms with Crippen molar-refractivity contribution in [3.05, 3.63) is 51.8 Å². The number of carbonyl (C=O) groups is 2. The average Bonchev–Trinajstić information content (AvgIpc) is 3.00. The number of fused-ring (bicyclic) bond motifs is 1. The molecule has 0 spiro atoms. The van der Waals surface area contributed by atoms with Crippen LogP contribution in [0.25, 0.3) is 0 Å². The van der Waals surface area contributed by atoms with Crippen molar-refractivity contribution in [3.63, 3.8) is 0 Å². The quantitative estimate of drug-likeness (QED) is 0.864. The maximum absolute atomic E-state index is 12.2. The maximum atomic E-state index is 12.2. The van der Waals surface area contributed by atoms with E-state index in [0.29, 0.717) is 5.76 Å². The largest absolute Gasteiger partial charge is 0.469 e. The number of aromatic amines is 1. The number of carbonyl (C=O) groups excluding carboxylic acids is 2. The van der Waals surface area contributed by atoms with E-state index >= 15 is 0 Å². The predicted octanol–water partition coefficient (Wildman–Crippen LogP) is 1.59. The van der Waals surface area contributed by atoms with Gasteiger partial charge in [0.2, 0.25) is 0 Å². The molecule has 0 radical (unpaired) electrons. The number of aromatic nitrogens is 1. The SMILES string of the molecule is CCOC(=O)c1c[nH]c(=O)c2c1OC(=O)C[C@H]2c1ccco1. The minimum Gasteiger partial charge on any atom is -0.469 e.